The van der Waals surface area contributed by atoms with E-state index < -0.39 is 6.09 Å². The van der Waals surface area contributed by atoms with E-state index in [9.17, 15) is 9.59 Å². The molecular weight excluding hydrogens is 422 g/mol. The van der Waals surface area contributed by atoms with E-state index in [4.69, 9.17) is 9.47 Å². The normalized spacial score (nSPS) is 11.7. The van der Waals surface area contributed by atoms with Crippen LogP contribution in [0.5, 0.6) is 0 Å². The smallest absolute Gasteiger partial charge is 0.407 e. The highest BCUT2D eigenvalue weighted by Crippen LogP contribution is 2.44. The summed E-state index contributed by atoms with van der Waals surface area (Å²) >= 11 is 1.30. The average molecular weight is 446 g/mol. The Morgan fingerprint density at radius 1 is 0.969 bits per heavy atom. The van der Waals surface area contributed by atoms with Gasteiger partial charge in [0.15, 0.2) is 0 Å². The number of hydrogen-bond donors (Lipinski definition) is 1. The van der Waals surface area contributed by atoms with E-state index >= 15 is 0 Å². The Labute approximate surface area is 191 Å². The van der Waals surface area contributed by atoms with Gasteiger partial charge in [-0.1, -0.05) is 60.4 Å². The quantitative estimate of drug-likeness (QED) is 0.322. The number of rotatable bonds is 6. The molecule has 0 unspecified atom stereocenters. The van der Waals surface area contributed by atoms with Crippen molar-refractivity contribution in [1.82, 2.24) is 5.32 Å². The molecule has 1 aliphatic carbocycles. The van der Waals surface area contributed by atoms with Gasteiger partial charge >= 0.3 is 12.1 Å². The molecule has 0 saturated heterocycles. The van der Waals surface area contributed by atoms with E-state index in [1.54, 1.807) is 19.1 Å². The van der Waals surface area contributed by atoms with Gasteiger partial charge in [-0.2, -0.15) is 0 Å². The molecule has 0 spiro atoms. The van der Waals surface area contributed by atoms with Gasteiger partial charge in [-0.15, -0.1) is 11.3 Å². The summed E-state index contributed by atoms with van der Waals surface area (Å²) in [4.78, 5) is 25.2. The number of esters is 1. The van der Waals surface area contributed by atoms with Gasteiger partial charge in [-0.05, 0) is 41.3 Å². The Hall–Kier alpha value is -3.56. The number of thiophene rings is 1. The first kappa shape index (κ1) is 21.7. The number of alkyl carbamates (subject to hydrolysis) is 1. The van der Waals surface area contributed by atoms with Crippen LogP contribution in [0.2, 0.25) is 0 Å². The Kier molecular flexibility index (Phi) is 6.88. The molecule has 0 saturated carbocycles. The van der Waals surface area contributed by atoms with Gasteiger partial charge in [0.05, 0.1) is 11.5 Å². The van der Waals surface area contributed by atoms with Crippen molar-refractivity contribution < 1.29 is 19.1 Å². The molecule has 0 aliphatic heterocycles. The monoisotopic (exact) mass is 445 g/mol. The maximum absolute atomic E-state index is 12.2. The largest absolute Gasteiger partial charge is 0.462 e. The Bertz CT molecular complexity index is 1140. The second-order valence-corrected chi connectivity index (χ2v) is 8.27. The lowest BCUT2D eigenvalue weighted by molar-refractivity contribution is 0.0532. The zero-order valence-corrected chi connectivity index (χ0v) is 18.5. The number of ether oxygens (including phenoxy) is 2. The van der Waals surface area contributed by atoms with E-state index in [1.807, 2.05) is 24.3 Å². The summed E-state index contributed by atoms with van der Waals surface area (Å²) in [6.07, 6.45) is 0.0333. The van der Waals surface area contributed by atoms with Crippen LogP contribution in [0.1, 0.15) is 44.9 Å². The van der Waals surface area contributed by atoms with Crippen molar-refractivity contribution in [1.29, 1.82) is 0 Å². The Morgan fingerprint density at radius 3 is 2.34 bits per heavy atom. The first-order valence-electron chi connectivity index (χ1n) is 10.5. The molecule has 1 N–H and O–H groups in total. The van der Waals surface area contributed by atoms with E-state index in [0.717, 1.165) is 4.88 Å². The first-order chi connectivity index (χ1) is 15.7. The minimum absolute atomic E-state index is 0.0420. The summed E-state index contributed by atoms with van der Waals surface area (Å²) in [5, 5.41) is 2.75. The number of benzene rings is 2. The van der Waals surface area contributed by atoms with Crippen LogP contribution in [0.3, 0.4) is 0 Å². The van der Waals surface area contributed by atoms with Crippen LogP contribution in [0.25, 0.3) is 11.1 Å². The molecule has 1 aliphatic rings. The third-order valence-corrected chi connectivity index (χ3v) is 6.14. The highest BCUT2D eigenvalue weighted by molar-refractivity contribution is 7.14. The predicted octanol–water partition coefficient (Wildman–Crippen LogP) is 5.21. The topological polar surface area (TPSA) is 64.6 Å². The van der Waals surface area contributed by atoms with Gasteiger partial charge in [0.25, 0.3) is 0 Å². The lowest BCUT2D eigenvalue weighted by Crippen LogP contribution is -2.26. The molecule has 0 bridgehead atoms. The highest BCUT2D eigenvalue weighted by Gasteiger charge is 2.28. The maximum atomic E-state index is 12.2. The van der Waals surface area contributed by atoms with Gasteiger partial charge in [0, 0.05) is 18.9 Å². The van der Waals surface area contributed by atoms with Crippen molar-refractivity contribution >= 4 is 23.4 Å². The number of hydrogen-bond acceptors (Lipinski definition) is 5. The average Bonchev–Trinajstić information content (AvgIpc) is 3.41. The summed E-state index contributed by atoms with van der Waals surface area (Å²) in [6, 6.07) is 20.0. The van der Waals surface area contributed by atoms with Crippen LogP contribution in [-0.4, -0.2) is 31.8 Å². The van der Waals surface area contributed by atoms with Crippen molar-refractivity contribution in [3.8, 4) is 23.0 Å². The molecule has 0 radical (unpaired) electrons. The van der Waals surface area contributed by atoms with E-state index in [-0.39, 0.29) is 18.5 Å². The van der Waals surface area contributed by atoms with Gasteiger partial charge < -0.3 is 14.8 Å². The number of carbonyl (C=O) groups is 2. The van der Waals surface area contributed by atoms with Crippen LogP contribution >= 0.6 is 11.3 Å². The molecule has 0 fully saturated rings. The fourth-order valence-electron chi connectivity index (χ4n) is 3.74. The summed E-state index contributed by atoms with van der Waals surface area (Å²) in [6.45, 7) is 2.80. The Balaban J connectivity index is 1.25. The van der Waals surface area contributed by atoms with Crippen LogP contribution in [0.4, 0.5) is 4.79 Å². The van der Waals surface area contributed by atoms with E-state index in [2.05, 4.69) is 41.4 Å². The van der Waals surface area contributed by atoms with Gasteiger partial charge in [0.1, 0.15) is 11.5 Å². The predicted molar refractivity (Wildman–Crippen MR) is 125 cm³/mol. The molecule has 162 valence electrons. The van der Waals surface area contributed by atoms with Crippen molar-refractivity contribution in [2.75, 3.05) is 19.8 Å². The zero-order valence-electron chi connectivity index (χ0n) is 17.7. The minimum Gasteiger partial charge on any atom is -0.462 e. The lowest BCUT2D eigenvalue weighted by atomic mass is 9.98. The van der Waals surface area contributed by atoms with Gasteiger partial charge in [-0.25, -0.2) is 9.59 Å². The van der Waals surface area contributed by atoms with Crippen molar-refractivity contribution in [2.24, 2.45) is 0 Å². The van der Waals surface area contributed by atoms with Crippen LogP contribution in [0.15, 0.2) is 60.7 Å². The van der Waals surface area contributed by atoms with Crippen LogP contribution in [0, 0.1) is 11.8 Å². The van der Waals surface area contributed by atoms with Gasteiger partial charge in [-0.3, -0.25) is 0 Å². The fraction of sp³-hybridized carbons (Fsp3) is 0.231. The molecule has 0 atom stereocenters. The van der Waals surface area contributed by atoms with Gasteiger partial charge in [0.2, 0.25) is 0 Å². The molecule has 4 rings (SSSR count). The summed E-state index contributed by atoms with van der Waals surface area (Å²) < 4.78 is 10.5. The molecule has 32 heavy (non-hydrogen) atoms. The maximum Gasteiger partial charge on any atom is 0.407 e. The molecule has 2 aromatic carbocycles. The molecule has 1 aromatic heterocycles. The number of carbonyl (C=O) groups excluding carboxylic acids is 2. The minimum atomic E-state index is -0.450. The van der Waals surface area contributed by atoms with Crippen LogP contribution < -0.4 is 5.32 Å². The molecule has 1 heterocycles. The standard InChI is InChI=1S/C26H23NO4S/c1-2-30-25(28)24-15-14-18(32-24)9-7-8-16-27-26(29)31-17-23-21-12-5-3-10-19(21)20-11-4-6-13-22(20)23/h3-6,10-15,23H,2,8,16-17H2,1H3,(H,27,29). The third-order valence-electron chi connectivity index (χ3n) is 5.16. The Morgan fingerprint density at radius 2 is 1.66 bits per heavy atom. The van der Waals surface area contributed by atoms with Crippen molar-refractivity contribution in [3.05, 3.63) is 81.5 Å². The molecule has 1 amide bonds. The molecule has 6 heteroatoms. The molecule has 5 nitrogen and oxygen atoms in total. The summed E-state index contributed by atoms with van der Waals surface area (Å²) in [7, 11) is 0. The number of fused-ring (bicyclic) bond motifs is 3. The van der Waals surface area contributed by atoms with E-state index in [1.165, 1.54) is 33.6 Å². The summed E-state index contributed by atoms with van der Waals surface area (Å²) in [5.41, 5.74) is 4.77. The lowest BCUT2D eigenvalue weighted by Gasteiger charge is -2.14. The number of nitrogens with one attached hydrogen (secondary N) is 1. The molecule has 3 aromatic rings. The third kappa shape index (κ3) is 4.84. The van der Waals surface area contributed by atoms with Crippen molar-refractivity contribution in [2.45, 2.75) is 19.3 Å². The zero-order chi connectivity index (χ0) is 22.3. The number of amides is 1. The van der Waals surface area contributed by atoms with E-state index in [0.29, 0.717) is 24.4 Å². The highest BCUT2D eigenvalue weighted by atomic mass is 32.1. The van der Waals surface area contributed by atoms with Crippen LogP contribution in [-0.2, 0) is 9.47 Å². The second kappa shape index (κ2) is 10.2. The second-order valence-electron chi connectivity index (χ2n) is 7.19. The van der Waals surface area contributed by atoms with Crippen molar-refractivity contribution in [3.63, 3.8) is 0 Å². The SMILES string of the molecule is CCOC(=O)c1ccc(C#CCCNC(=O)OCC2c3ccccc3-c3ccccc32)s1. The summed E-state index contributed by atoms with van der Waals surface area (Å²) in [5.74, 6) is 5.72. The first-order valence-corrected chi connectivity index (χ1v) is 11.3. The molecular formula is C26H23NO4S. The fourth-order valence-corrected chi connectivity index (χ4v) is 4.52.